The first-order valence-electron chi connectivity index (χ1n) is 5.98. The van der Waals surface area contributed by atoms with Gasteiger partial charge in [0.05, 0.1) is 11.6 Å². The van der Waals surface area contributed by atoms with E-state index in [0.29, 0.717) is 11.3 Å². The van der Waals surface area contributed by atoms with Gasteiger partial charge in [0.1, 0.15) is 18.2 Å². The molecule has 0 heterocycles. The van der Waals surface area contributed by atoms with E-state index in [2.05, 4.69) is 15.9 Å². The lowest BCUT2D eigenvalue weighted by Gasteiger charge is -2.14. The standard InChI is InChI=1S/C15H13BrClFO2/c1-9-4-12(16)6-11(7-19)15(9)20-8-10-2-3-14(18)13(17)5-10/h2-6,19H,7-8H2,1H3. The molecule has 0 unspecified atom stereocenters. The Morgan fingerprint density at radius 3 is 2.70 bits per heavy atom. The molecule has 0 aromatic heterocycles. The summed E-state index contributed by atoms with van der Waals surface area (Å²) in [7, 11) is 0. The molecule has 2 nitrogen and oxygen atoms in total. The molecule has 2 rings (SSSR count). The molecule has 0 radical (unpaired) electrons. The predicted octanol–water partition coefficient (Wildman–Crippen LogP) is 4.62. The fraction of sp³-hybridized carbons (Fsp3) is 0.200. The molecule has 2 aromatic carbocycles. The van der Waals surface area contributed by atoms with Crippen molar-refractivity contribution >= 4 is 27.5 Å². The van der Waals surface area contributed by atoms with Crippen molar-refractivity contribution in [3.05, 3.63) is 62.3 Å². The van der Waals surface area contributed by atoms with Crippen molar-refractivity contribution in [1.82, 2.24) is 0 Å². The fourth-order valence-electron chi connectivity index (χ4n) is 1.91. The second-order valence-corrected chi connectivity index (χ2v) is 5.73. The highest BCUT2D eigenvalue weighted by atomic mass is 79.9. The highest BCUT2D eigenvalue weighted by Crippen LogP contribution is 2.29. The summed E-state index contributed by atoms with van der Waals surface area (Å²) >= 11 is 9.11. The molecule has 2 aromatic rings. The van der Waals surface area contributed by atoms with Crippen molar-refractivity contribution in [3.8, 4) is 5.75 Å². The quantitative estimate of drug-likeness (QED) is 0.863. The van der Waals surface area contributed by atoms with Gasteiger partial charge in [-0.2, -0.15) is 0 Å². The molecule has 106 valence electrons. The SMILES string of the molecule is Cc1cc(Br)cc(CO)c1OCc1ccc(F)c(Cl)c1. The topological polar surface area (TPSA) is 29.5 Å². The van der Waals surface area contributed by atoms with Crippen molar-refractivity contribution in [2.75, 3.05) is 0 Å². The number of aryl methyl sites for hydroxylation is 1. The third-order valence-corrected chi connectivity index (χ3v) is 3.60. The minimum Gasteiger partial charge on any atom is -0.488 e. The van der Waals surface area contributed by atoms with Gasteiger partial charge < -0.3 is 9.84 Å². The Morgan fingerprint density at radius 1 is 1.30 bits per heavy atom. The van der Waals surface area contributed by atoms with Crippen LogP contribution < -0.4 is 4.74 Å². The second kappa shape index (κ2) is 6.57. The number of aliphatic hydroxyl groups is 1. The van der Waals surface area contributed by atoms with E-state index in [1.807, 2.05) is 13.0 Å². The Bertz CT molecular complexity index is 632. The molecular weight excluding hydrogens is 347 g/mol. The minimum absolute atomic E-state index is 0.0704. The van der Waals surface area contributed by atoms with E-state index in [1.54, 1.807) is 12.1 Å². The van der Waals surface area contributed by atoms with E-state index in [-0.39, 0.29) is 18.2 Å². The number of ether oxygens (including phenoxy) is 1. The van der Waals surface area contributed by atoms with Crippen molar-refractivity contribution < 1.29 is 14.2 Å². The molecule has 20 heavy (non-hydrogen) atoms. The average molecular weight is 360 g/mol. The Kier molecular flexibility index (Phi) is 5.02. The van der Waals surface area contributed by atoms with Crippen LogP contribution in [0.3, 0.4) is 0 Å². The molecule has 0 aliphatic heterocycles. The Hall–Kier alpha value is -1.10. The van der Waals surface area contributed by atoms with Gasteiger partial charge in [0, 0.05) is 10.0 Å². The van der Waals surface area contributed by atoms with E-state index in [4.69, 9.17) is 16.3 Å². The normalized spacial score (nSPS) is 10.7. The average Bonchev–Trinajstić information content (AvgIpc) is 2.40. The molecule has 0 aliphatic carbocycles. The minimum atomic E-state index is -0.453. The van der Waals surface area contributed by atoms with Crippen LogP contribution in [-0.4, -0.2) is 5.11 Å². The molecule has 0 spiro atoms. The van der Waals surface area contributed by atoms with Crippen LogP contribution in [0.4, 0.5) is 4.39 Å². The number of aliphatic hydroxyl groups excluding tert-OH is 1. The third-order valence-electron chi connectivity index (χ3n) is 2.85. The van der Waals surface area contributed by atoms with Crippen LogP contribution in [0, 0.1) is 12.7 Å². The van der Waals surface area contributed by atoms with Gasteiger partial charge in [-0.05, 0) is 42.3 Å². The van der Waals surface area contributed by atoms with Gasteiger partial charge >= 0.3 is 0 Å². The molecule has 0 atom stereocenters. The summed E-state index contributed by atoms with van der Waals surface area (Å²) in [6.45, 7) is 2.05. The summed E-state index contributed by atoms with van der Waals surface area (Å²) < 4.78 is 19.7. The van der Waals surface area contributed by atoms with Crippen LogP contribution in [-0.2, 0) is 13.2 Å². The van der Waals surface area contributed by atoms with Gasteiger partial charge in [0.15, 0.2) is 0 Å². The summed E-state index contributed by atoms with van der Waals surface area (Å²) in [5.74, 6) is 0.183. The van der Waals surface area contributed by atoms with Crippen LogP contribution in [0.2, 0.25) is 5.02 Å². The number of benzene rings is 2. The monoisotopic (exact) mass is 358 g/mol. The van der Waals surface area contributed by atoms with E-state index in [0.717, 1.165) is 15.6 Å². The molecule has 0 fully saturated rings. The molecule has 0 aliphatic rings. The lowest BCUT2D eigenvalue weighted by molar-refractivity contribution is 0.258. The first kappa shape index (κ1) is 15.3. The maximum absolute atomic E-state index is 13.1. The smallest absolute Gasteiger partial charge is 0.141 e. The zero-order valence-electron chi connectivity index (χ0n) is 10.8. The molecular formula is C15H13BrClFO2. The number of hydrogen-bond donors (Lipinski definition) is 1. The van der Waals surface area contributed by atoms with Gasteiger partial charge in [0.2, 0.25) is 0 Å². The first-order chi connectivity index (χ1) is 9.51. The van der Waals surface area contributed by atoms with Gasteiger partial charge in [-0.1, -0.05) is 33.6 Å². The van der Waals surface area contributed by atoms with Gasteiger partial charge in [-0.3, -0.25) is 0 Å². The first-order valence-corrected chi connectivity index (χ1v) is 7.15. The zero-order chi connectivity index (χ0) is 14.7. The number of halogens is 3. The van der Waals surface area contributed by atoms with E-state index in [9.17, 15) is 9.50 Å². The van der Waals surface area contributed by atoms with Crippen LogP contribution in [0.15, 0.2) is 34.8 Å². The maximum Gasteiger partial charge on any atom is 0.141 e. The lowest BCUT2D eigenvalue weighted by atomic mass is 10.1. The zero-order valence-corrected chi connectivity index (χ0v) is 13.1. The largest absolute Gasteiger partial charge is 0.488 e. The highest BCUT2D eigenvalue weighted by Gasteiger charge is 2.09. The summed E-state index contributed by atoms with van der Waals surface area (Å²) in [5, 5.41) is 9.44. The summed E-state index contributed by atoms with van der Waals surface area (Å²) in [4.78, 5) is 0. The predicted molar refractivity (Wildman–Crippen MR) is 80.5 cm³/mol. The third kappa shape index (κ3) is 3.51. The summed E-state index contributed by atoms with van der Waals surface area (Å²) in [6, 6.07) is 8.17. The van der Waals surface area contributed by atoms with Crippen LogP contribution in [0.25, 0.3) is 0 Å². The Labute approximate surface area is 130 Å². The number of rotatable bonds is 4. The summed E-state index contributed by atoms with van der Waals surface area (Å²) in [5.41, 5.74) is 2.38. The van der Waals surface area contributed by atoms with Gasteiger partial charge in [0.25, 0.3) is 0 Å². The molecule has 0 saturated carbocycles. The maximum atomic E-state index is 13.1. The fourth-order valence-corrected chi connectivity index (χ4v) is 2.73. The van der Waals surface area contributed by atoms with Crippen LogP contribution in [0.5, 0.6) is 5.75 Å². The van der Waals surface area contributed by atoms with E-state index >= 15 is 0 Å². The Morgan fingerprint density at radius 2 is 2.05 bits per heavy atom. The summed E-state index contributed by atoms with van der Waals surface area (Å²) in [6.07, 6.45) is 0. The van der Waals surface area contributed by atoms with E-state index < -0.39 is 5.82 Å². The lowest BCUT2D eigenvalue weighted by Crippen LogP contribution is -2.01. The second-order valence-electron chi connectivity index (χ2n) is 4.41. The highest BCUT2D eigenvalue weighted by molar-refractivity contribution is 9.10. The van der Waals surface area contributed by atoms with Gasteiger partial charge in [-0.25, -0.2) is 4.39 Å². The van der Waals surface area contributed by atoms with Crippen molar-refractivity contribution in [2.45, 2.75) is 20.1 Å². The van der Waals surface area contributed by atoms with Crippen LogP contribution in [0.1, 0.15) is 16.7 Å². The van der Waals surface area contributed by atoms with Crippen molar-refractivity contribution in [3.63, 3.8) is 0 Å². The van der Waals surface area contributed by atoms with Crippen LogP contribution >= 0.6 is 27.5 Å². The Balaban J connectivity index is 2.20. The molecule has 1 N–H and O–H groups in total. The number of hydrogen-bond acceptors (Lipinski definition) is 2. The van der Waals surface area contributed by atoms with Crippen molar-refractivity contribution in [2.24, 2.45) is 0 Å². The molecule has 0 bridgehead atoms. The van der Waals surface area contributed by atoms with Crippen molar-refractivity contribution in [1.29, 1.82) is 0 Å². The van der Waals surface area contributed by atoms with Gasteiger partial charge in [-0.15, -0.1) is 0 Å². The molecule has 0 saturated heterocycles. The molecule has 0 amide bonds. The molecule has 5 heteroatoms. The van der Waals surface area contributed by atoms with E-state index in [1.165, 1.54) is 12.1 Å².